The molecule has 0 saturated carbocycles. The highest BCUT2D eigenvalue weighted by molar-refractivity contribution is 6.30. The van der Waals surface area contributed by atoms with Crippen LogP contribution in [0, 0.1) is 12.3 Å². The minimum atomic E-state index is -0.364. The average molecular weight is 521 g/mol. The van der Waals surface area contributed by atoms with Crippen molar-refractivity contribution in [2.24, 2.45) is 12.5 Å². The van der Waals surface area contributed by atoms with Gasteiger partial charge in [-0.05, 0) is 55.5 Å². The molecule has 3 aromatic rings. The van der Waals surface area contributed by atoms with Gasteiger partial charge in [0.25, 0.3) is 5.91 Å². The summed E-state index contributed by atoms with van der Waals surface area (Å²) in [6.07, 6.45) is 4.42. The first-order valence-electron chi connectivity index (χ1n) is 12.8. The van der Waals surface area contributed by atoms with Gasteiger partial charge in [0.1, 0.15) is 5.75 Å². The highest BCUT2D eigenvalue weighted by atomic mass is 35.5. The molecule has 37 heavy (non-hydrogen) atoms. The van der Waals surface area contributed by atoms with Crippen LogP contribution in [0.25, 0.3) is 0 Å². The molecular formula is C29H33ClN4O3. The number of likely N-dealkylation sites (tertiary alicyclic amines) is 1. The maximum atomic E-state index is 13.6. The Morgan fingerprint density at radius 2 is 1.78 bits per heavy atom. The van der Waals surface area contributed by atoms with E-state index in [-0.39, 0.29) is 17.2 Å². The number of carbonyl (C=O) groups excluding carboxylic acids is 2. The van der Waals surface area contributed by atoms with E-state index in [4.69, 9.17) is 16.3 Å². The zero-order valence-corrected chi connectivity index (χ0v) is 22.2. The van der Waals surface area contributed by atoms with E-state index in [2.05, 4.69) is 23.3 Å². The summed E-state index contributed by atoms with van der Waals surface area (Å²) in [6, 6.07) is 15.7. The molecule has 0 N–H and O–H groups in total. The maximum absolute atomic E-state index is 13.6. The Kier molecular flexibility index (Phi) is 7.24. The summed E-state index contributed by atoms with van der Waals surface area (Å²) in [5.41, 5.74) is 3.54. The molecule has 2 aliphatic rings. The zero-order valence-electron chi connectivity index (χ0n) is 21.5. The summed E-state index contributed by atoms with van der Waals surface area (Å²) in [7, 11) is 1.82. The Labute approximate surface area is 223 Å². The van der Waals surface area contributed by atoms with Gasteiger partial charge in [0.2, 0.25) is 5.91 Å². The number of piperidine rings is 1. The Balaban J connectivity index is 1.30. The zero-order chi connectivity index (χ0) is 26.0. The quantitative estimate of drug-likeness (QED) is 0.474. The Bertz CT molecular complexity index is 1300. The van der Waals surface area contributed by atoms with Gasteiger partial charge < -0.3 is 14.5 Å². The van der Waals surface area contributed by atoms with Crippen molar-refractivity contribution in [3.05, 3.63) is 82.1 Å². The molecule has 7 nitrogen and oxygen atoms in total. The third-order valence-corrected chi connectivity index (χ3v) is 7.94. The molecular weight excluding hydrogens is 488 g/mol. The third kappa shape index (κ3) is 5.67. The van der Waals surface area contributed by atoms with Crippen LogP contribution in [0.3, 0.4) is 0 Å². The first-order chi connectivity index (χ1) is 17.8. The van der Waals surface area contributed by atoms with Crippen molar-refractivity contribution in [1.82, 2.24) is 19.6 Å². The van der Waals surface area contributed by atoms with Crippen LogP contribution in [0.2, 0.25) is 5.02 Å². The van der Waals surface area contributed by atoms with E-state index in [1.165, 1.54) is 11.1 Å². The van der Waals surface area contributed by atoms with E-state index in [1.54, 1.807) is 16.9 Å². The number of rotatable bonds is 6. The van der Waals surface area contributed by atoms with Crippen molar-refractivity contribution in [3.63, 3.8) is 0 Å². The number of nitrogens with zero attached hydrogens (tertiary/aromatic N) is 4. The van der Waals surface area contributed by atoms with E-state index in [0.29, 0.717) is 61.8 Å². The SMILES string of the molecule is Cc1nn(C)cc1C(=O)N1CCC(COc2cccc(Cl)c2)(CC(=O)N2CCc3ccccc3C2)CC1. The van der Waals surface area contributed by atoms with Crippen LogP contribution in [0.5, 0.6) is 5.75 Å². The van der Waals surface area contributed by atoms with E-state index in [0.717, 1.165) is 18.7 Å². The fourth-order valence-corrected chi connectivity index (χ4v) is 5.65. The van der Waals surface area contributed by atoms with Gasteiger partial charge in [-0.15, -0.1) is 0 Å². The van der Waals surface area contributed by atoms with E-state index in [9.17, 15) is 9.59 Å². The number of hydrogen-bond acceptors (Lipinski definition) is 4. The number of benzene rings is 2. The van der Waals surface area contributed by atoms with Crippen molar-refractivity contribution in [3.8, 4) is 5.75 Å². The van der Waals surface area contributed by atoms with Gasteiger partial charge in [-0.2, -0.15) is 5.10 Å². The van der Waals surface area contributed by atoms with Crippen LogP contribution < -0.4 is 4.74 Å². The summed E-state index contributed by atoms with van der Waals surface area (Å²) in [5, 5.41) is 4.93. The third-order valence-electron chi connectivity index (χ3n) is 7.71. The summed E-state index contributed by atoms with van der Waals surface area (Å²) < 4.78 is 7.88. The Morgan fingerprint density at radius 1 is 1.03 bits per heavy atom. The van der Waals surface area contributed by atoms with Gasteiger partial charge in [-0.3, -0.25) is 14.3 Å². The fraction of sp³-hybridized carbons (Fsp3) is 0.414. The lowest BCUT2D eigenvalue weighted by Crippen LogP contribution is -2.48. The Hall–Kier alpha value is -3.32. The number of aryl methyl sites for hydroxylation is 2. The molecule has 1 saturated heterocycles. The van der Waals surface area contributed by atoms with E-state index in [1.807, 2.05) is 48.0 Å². The normalized spacial score (nSPS) is 16.8. The van der Waals surface area contributed by atoms with Crippen LogP contribution in [0.1, 0.15) is 46.4 Å². The number of hydrogen-bond donors (Lipinski definition) is 0. The molecule has 1 aromatic heterocycles. The average Bonchev–Trinajstić information content (AvgIpc) is 3.25. The van der Waals surface area contributed by atoms with Crippen molar-refractivity contribution in [2.45, 2.75) is 39.2 Å². The Morgan fingerprint density at radius 3 is 2.49 bits per heavy atom. The number of fused-ring (bicyclic) bond motifs is 1. The minimum Gasteiger partial charge on any atom is -0.493 e. The summed E-state index contributed by atoms with van der Waals surface area (Å²) in [4.78, 5) is 30.6. The highest BCUT2D eigenvalue weighted by Crippen LogP contribution is 2.38. The van der Waals surface area contributed by atoms with Crippen LogP contribution >= 0.6 is 11.6 Å². The topological polar surface area (TPSA) is 67.7 Å². The second kappa shape index (κ2) is 10.6. The summed E-state index contributed by atoms with van der Waals surface area (Å²) >= 11 is 6.16. The molecule has 0 bridgehead atoms. The van der Waals surface area contributed by atoms with Gasteiger partial charge in [0.15, 0.2) is 0 Å². The predicted octanol–water partition coefficient (Wildman–Crippen LogP) is 4.66. The molecule has 2 aromatic carbocycles. The number of carbonyl (C=O) groups is 2. The van der Waals surface area contributed by atoms with Crippen LogP contribution in [-0.2, 0) is 24.8 Å². The molecule has 0 atom stereocenters. The second-order valence-corrected chi connectivity index (χ2v) is 10.8. The van der Waals surface area contributed by atoms with Crippen molar-refractivity contribution >= 4 is 23.4 Å². The van der Waals surface area contributed by atoms with Gasteiger partial charge in [-0.1, -0.05) is 41.9 Å². The van der Waals surface area contributed by atoms with Gasteiger partial charge >= 0.3 is 0 Å². The first-order valence-corrected chi connectivity index (χ1v) is 13.2. The van der Waals surface area contributed by atoms with Crippen molar-refractivity contribution in [1.29, 1.82) is 0 Å². The first kappa shape index (κ1) is 25.3. The number of aromatic nitrogens is 2. The number of ether oxygens (including phenoxy) is 1. The lowest BCUT2D eigenvalue weighted by atomic mass is 9.75. The molecule has 0 spiro atoms. The fourth-order valence-electron chi connectivity index (χ4n) is 5.47. The molecule has 1 fully saturated rings. The van der Waals surface area contributed by atoms with Crippen molar-refractivity contribution < 1.29 is 14.3 Å². The summed E-state index contributed by atoms with van der Waals surface area (Å²) in [5.74, 6) is 0.830. The van der Waals surface area contributed by atoms with Gasteiger partial charge in [-0.25, -0.2) is 0 Å². The minimum absolute atomic E-state index is 0.00563. The van der Waals surface area contributed by atoms with Crippen LogP contribution in [-0.4, -0.2) is 57.6 Å². The largest absolute Gasteiger partial charge is 0.493 e. The summed E-state index contributed by atoms with van der Waals surface area (Å²) in [6.45, 7) is 4.77. The second-order valence-electron chi connectivity index (χ2n) is 10.4. The molecule has 2 amide bonds. The molecule has 194 valence electrons. The number of amides is 2. The molecule has 0 radical (unpaired) electrons. The molecule has 5 rings (SSSR count). The van der Waals surface area contributed by atoms with Crippen LogP contribution in [0.4, 0.5) is 0 Å². The molecule has 8 heteroatoms. The van der Waals surface area contributed by atoms with E-state index < -0.39 is 0 Å². The van der Waals surface area contributed by atoms with Gasteiger partial charge in [0.05, 0.1) is 17.9 Å². The van der Waals surface area contributed by atoms with Crippen LogP contribution in [0.15, 0.2) is 54.7 Å². The van der Waals surface area contributed by atoms with Crippen molar-refractivity contribution in [2.75, 3.05) is 26.2 Å². The monoisotopic (exact) mass is 520 g/mol. The number of halogens is 1. The molecule has 0 aliphatic carbocycles. The highest BCUT2D eigenvalue weighted by Gasteiger charge is 2.40. The predicted molar refractivity (Wildman–Crippen MR) is 143 cm³/mol. The lowest BCUT2D eigenvalue weighted by Gasteiger charge is -2.42. The maximum Gasteiger partial charge on any atom is 0.257 e. The lowest BCUT2D eigenvalue weighted by molar-refractivity contribution is -0.136. The molecule has 2 aliphatic heterocycles. The van der Waals surface area contributed by atoms with E-state index >= 15 is 0 Å². The van der Waals surface area contributed by atoms with Gasteiger partial charge in [0, 0.05) is 56.3 Å². The smallest absolute Gasteiger partial charge is 0.257 e. The molecule has 3 heterocycles. The standard InChI is InChI=1S/C29H33ClN4O3/c1-21-26(19-32(2)31-21)28(36)33-14-11-29(12-15-33,20-37-25-9-5-8-24(30)16-25)17-27(35)34-13-10-22-6-3-4-7-23(22)18-34/h3-9,16,19H,10-15,17-18,20H2,1-2H3. The molecule has 0 unspecified atom stereocenters.